The predicted octanol–water partition coefficient (Wildman–Crippen LogP) is -0.786. The highest BCUT2D eigenvalue weighted by atomic mass is 35.5. The summed E-state index contributed by atoms with van der Waals surface area (Å²) >= 11 is 5.93. The van der Waals surface area contributed by atoms with E-state index in [-0.39, 0.29) is 11.7 Å². The van der Waals surface area contributed by atoms with Crippen LogP contribution in [0.4, 0.5) is 0 Å². The summed E-state index contributed by atoms with van der Waals surface area (Å²) in [6.45, 7) is 1.32. The molecule has 5 nitrogen and oxygen atoms in total. The monoisotopic (exact) mass is 256 g/mol. The minimum absolute atomic E-state index is 0.112. The van der Waals surface area contributed by atoms with Crippen LogP contribution in [-0.2, 0) is 4.74 Å². The van der Waals surface area contributed by atoms with E-state index < -0.39 is 5.48 Å². The van der Waals surface area contributed by atoms with E-state index in [9.17, 15) is 4.79 Å². The van der Waals surface area contributed by atoms with Gasteiger partial charge < -0.3 is 15.0 Å². The Hall–Kier alpha value is -1.20. The van der Waals surface area contributed by atoms with Crippen molar-refractivity contribution < 1.29 is 6.11 Å². The second-order valence-corrected chi connectivity index (χ2v) is 4.63. The van der Waals surface area contributed by atoms with E-state index in [4.69, 9.17) is 17.7 Å². The number of hydrogen-bond acceptors (Lipinski definition) is 3. The fraction of sp³-hybridized carbons (Fsp3) is 0.545. The van der Waals surface area contributed by atoms with Crippen LogP contribution in [0.25, 0.3) is 12.3 Å². The molecule has 0 bridgehead atoms. The maximum absolute atomic E-state index is 12.0. The molecule has 0 aliphatic carbocycles. The summed E-state index contributed by atoms with van der Waals surface area (Å²) < 4.78 is 14.8. The van der Waals surface area contributed by atoms with E-state index in [0.717, 1.165) is 12.8 Å². The lowest BCUT2D eigenvalue weighted by Gasteiger charge is -2.23. The topological polar surface area (TPSA) is 59.0 Å². The van der Waals surface area contributed by atoms with E-state index in [1.165, 1.54) is 0 Å². The van der Waals surface area contributed by atoms with Crippen LogP contribution < -0.4 is 21.7 Å². The lowest BCUT2D eigenvalue weighted by atomic mass is 10.1. The largest absolute Gasteiger partial charge is 0.381 e. The second kappa shape index (κ2) is 4.23. The molecule has 0 radical (unpaired) electrons. The molecule has 0 aromatic carbocycles. The average molecular weight is 257 g/mol. The minimum Gasteiger partial charge on any atom is -0.381 e. The molecule has 1 saturated heterocycles. The number of nitrogens with zero attached hydrogens (tertiary/aromatic N) is 1. The fourth-order valence-corrected chi connectivity index (χ4v) is 2.50. The molecule has 3 heterocycles. The molecule has 17 heavy (non-hydrogen) atoms. The highest BCUT2D eigenvalue weighted by molar-refractivity contribution is 6.23. The van der Waals surface area contributed by atoms with Crippen molar-refractivity contribution in [3.05, 3.63) is 21.2 Å². The number of imidazole rings is 1. The molecule has 6 heteroatoms. The Labute approximate surface area is 104 Å². The molecule has 1 aromatic rings. The molecule has 1 atom stereocenters. The van der Waals surface area contributed by atoms with Gasteiger partial charge in [0.05, 0.1) is 12.1 Å². The molecule has 1 aromatic heterocycles. The van der Waals surface area contributed by atoms with Crippen LogP contribution >= 0.6 is 11.6 Å². The first-order valence-corrected chi connectivity index (χ1v) is 6.03. The number of H-pyrrole nitrogens is 1. The van der Waals surface area contributed by atoms with Crippen molar-refractivity contribution in [3.8, 4) is 0 Å². The van der Waals surface area contributed by atoms with E-state index in [2.05, 4.69) is 10.3 Å². The number of hydrogen-bond donors (Lipinski definition) is 2. The zero-order chi connectivity index (χ0) is 12.8. The van der Waals surface area contributed by atoms with Crippen LogP contribution in [0.2, 0.25) is 0 Å². The first kappa shape index (κ1) is 9.79. The second-order valence-electron chi connectivity index (χ2n) is 4.22. The number of rotatable bonds is 1. The molecule has 0 saturated carbocycles. The van der Waals surface area contributed by atoms with Crippen molar-refractivity contribution in [2.45, 2.75) is 24.4 Å². The molecule has 1 unspecified atom stereocenters. The van der Waals surface area contributed by atoms with Crippen molar-refractivity contribution in [3.63, 3.8) is 0 Å². The van der Waals surface area contributed by atoms with Crippen LogP contribution in [0.3, 0.4) is 0 Å². The fourth-order valence-electron chi connectivity index (χ4n) is 2.34. The van der Waals surface area contributed by atoms with E-state index in [1.807, 2.05) is 0 Å². The molecular weight excluding hydrogens is 242 g/mol. The van der Waals surface area contributed by atoms with Gasteiger partial charge in [-0.15, -0.1) is 0 Å². The molecule has 92 valence electrons. The predicted molar refractivity (Wildman–Crippen MR) is 65.1 cm³/mol. The third kappa shape index (κ3) is 1.89. The lowest BCUT2D eigenvalue weighted by Crippen LogP contribution is -2.42. The number of alkyl halides is 1. The molecule has 0 spiro atoms. The third-order valence-electron chi connectivity index (χ3n) is 3.17. The highest BCUT2D eigenvalue weighted by Gasteiger charge is 2.20. The van der Waals surface area contributed by atoms with Gasteiger partial charge in [-0.2, -0.15) is 0 Å². The number of aromatic nitrogens is 2. The van der Waals surface area contributed by atoms with E-state index >= 15 is 0 Å². The Kier molecular flexibility index (Phi) is 2.44. The molecular formula is C11H14ClN3O2. The zero-order valence-corrected chi connectivity index (χ0v) is 9.96. The summed E-state index contributed by atoms with van der Waals surface area (Å²) in [5.74, 6) is 0. The van der Waals surface area contributed by atoms with Gasteiger partial charge in [0.25, 0.3) is 0 Å². The standard InChI is InChI=1S/C11H14ClN3O2/c12-10-5-9-8(6-13-10)14-11(16)15(9)7-1-3-17-4-2-7/h5-7,10,13H,1-4H2,(H,14,16)/i10D. The van der Waals surface area contributed by atoms with Gasteiger partial charge in [0.1, 0.15) is 5.48 Å². The van der Waals surface area contributed by atoms with Crippen LogP contribution in [0, 0.1) is 0 Å². The van der Waals surface area contributed by atoms with Crippen molar-refractivity contribution >= 4 is 23.9 Å². The molecule has 2 aliphatic heterocycles. The number of fused-ring (bicyclic) bond motifs is 1. The quantitative estimate of drug-likeness (QED) is 0.512. The molecule has 0 amide bonds. The Morgan fingerprint density at radius 2 is 2.29 bits per heavy atom. The first-order valence-electron chi connectivity index (χ1n) is 6.15. The van der Waals surface area contributed by atoms with Gasteiger partial charge in [0, 0.05) is 25.5 Å². The normalized spacial score (nSPS) is 29.6. The summed E-state index contributed by atoms with van der Waals surface area (Å²) in [6.07, 6.45) is 4.74. The highest BCUT2D eigenvalue weighted by Crippen LogP contribution is 2.16. The summed E-state index contributed by atoms with van der Waals surface area (Å²) in [5, 5.41) is 4.07. The van der Waals surface area contributed by atoms with Crippen LogP contribution in [0.1, 0.15) is 20.3 Å². The third-order valence-corrected chi connectivity index (χ3v) is 3.39. The van der Waals surface area contributed by atoms with Gasteiger partial charge in [-0.05, 0) is 18.9 Å². The van der Waals surface area contributed by atoms with Gasteiger partial charge in [-0.25, -0.2) is 4.79 Å². The van der Waals surface area contributed by atoms with E-state index in [1.54, 1.807) is 16.8 Å². The molecule has 1 fully saturated rings. The number of nitrogens with one attached hydrogen (secondary N) is 2. The van der Waals surface area contributed by atoms with Gasteiger partial charge in [-0.1, -0.05) is 11.6 Å². The average Bonchev–Trinajstić information content (AvgIpc) is 2.64. The maximum Gasteiger partial charge on any atom is 0.326 e. The SMILES string of the molecule is [2H]C1(Cl)C=c2c([nH]c(=O)n2C2CCOCC2)=CN1. The van der Waals surface area contributed by atoms with E-state index in [0.29, 0.717) is 23.9 Å². The van der Waals surface area contributed by atoms with Gasteiger partial charge in [0.2, 0.25) is 0 Å². The first-order chi connectivity index (χ1) is 8.57. The number of aromatic amines is 1. The Morgan fingerprint density at radius 3 is 3.06 bits per heavy atom. The number of halogens is 1. The van der Waals surface area contributed by atoms with Gasteiger partial charge in [-0.3, -0.25) is 4.57 Å². The Morgan fingerprint density at radius 1 is 1.53 bits per heavy atom. The number of ether oxygens (including phenoxy) is 1. The van der Waals surface area contributed by atoms with Gasteiger partial charge in [0.15, 0.2) is 0 Å². The van der Waals surface area contributed by atoms with Crippen LogP contribution in [-0.4, -0.2) is 28.2 Å². The van der Waals surface area contributed by atoms with Crippen molar-refractivity contribution in [2.75, 3.05) is 13.2 Å². The summed E-state index contributed by atoms with van der Waals surface area (Å²) in [5.41, 5.74) is -1.55. The van der Waals surface area contributed by atoms with Gasteiger partial charge >= 0.3 is 5.69 Å². The molecule has 2 N–H and O–H groups in total. The van der Waals surface area contributed by atoms with Crippen molar-refractivity contribution in [2.24, 2.45) is 0 Å². The lowest BCUT2D eigenvalue weighted by molar-refractivity contribution is 0.0680. The smallest absolute Gasteiger partial charge is 0.326 e. The Balaban J connectivity index is 2.16. The zero-order valence-electron chi connectivity index (χ0n) is 10.2. The summed E-state index contributed by atoms with van der Waals surface area (Å²) in [4.78, 5) is 14.8. The summed E-state index contributed by atoms with van der Waals surface area (Å²) in [6, 6.07) is 0.112. The maximum atomic E-state index is 12.0. The minimum atomic E-state index is -1.39. The van der Waals surface area contributed by atoms with Crippen LogP contribution in [0.5, 0.6) is 0 Å². The molecule has 3 rings (SSSR count). The Bertz CT molecular complexity index is 628. The van der Waals surface area contributed by atoms with Crippen molar-refractivity contribution in [1.82, 2.24) is 14.9 Å². The summed E-state index contributed by atoms with van der Waals surface area (Å²) in [7, 11) is 0. The molecule has 2 aliphatic rings. The van der Waals surface area contributed by atoms with Crippen molar-refractivity contribution in [1.29, 1.82) is 0 Å². The van der Waals surface area contributed by atoms with Crippen LogP contribution in [0.15, 0.2) is 4.79 Å².